The molecule has 1 saturated heterocycles. The molecule has 1 aliphatic heterocycles. The molecule has 0 radical (unpaired) electrons. The largest absolute Gasteiger partial charge is 0.493 e. The number of hydrogen-bond donors (Lipinski definition) is 2. The summed E-state index contributed by atoms with van der Waals surface area (Å²) in [4.78, 5) is 20.0. The number of fused-ring (bicyclic) bond motifs is 2. The first-order valence-electron chi connectivity index (χ1n) is 12.8. The number of benzene rings is 2. The van der Waals surface area contributed by atoms with Gasteiger partial charge in [-0.15, -0.1) is 11.3 Å². The van der Waals surface area contributed by atoms with Crippen LogP contribution in [0.25, 0.3) is 26.8 Å². The van der Waals surface area contributed by atoms with Crippen molar-refractivity contribution in [3.63, 3.8) is 0 Å². The number of ether oxygens (including phenoxy) is 3. The Morgan fingerprint density at radius 2 is 2.00 bits per heavy atom. The van der Waals surface area contributed by atoms with Crippen molar-refractivity contribution in [3.8, 4) is 5.75 Å². The summed E-state index contributed by atoms with van der Waals surface area (Å²) in [5.74, 6) is 1.80. The lowest BCUT2D eigenvalue weighted by molar-refractivity contribution is 0.0805. The Balaban J connectivity index is 1.53. The molecule has 4 aromatic rings. The SMILES string of the molecule is CN=C/C(OC)=C(\N)c1cc(OC2CCN(CCOC)CC2)c2c(Nc3ccc4ncsc4c3)ncnc2c1. The third-order valence-electron chi connectivity index (χ3n) is 6.78. The summed E-state index contributed by atoms with van der Waals surface area (Å²) in [6, 6.07) is 9.93. The van der Waals surface area contributed by atoms with Crippen LogP contribution in [0.1, 0.15) is 18.4 Å². The first-order chi connectivity index (χ1) is 19.1. The Morgan fingerprint density at radius 1 is 1.15 bits per heavy atom. The second kappa shape index (κ2) is 12.4. The van der Waals surface area contributed by atoms with Gasteiger partial charge in [0, 0.05) is 45.0 Å². The van der Waals surface area contributed by atoms with Gasteiger partial charge in [-0.1, -0.05) is 0 Å². The quantitative estimate of drug-likeness (QED) is 0.219. The average molecular weight is 548 g/mol. The van der Waals surface area contributed by atoms with Crippen LogP contribution in [0.15, 0.2) is 52.9 Å². The van der Waals surface area contributed by atoms with Crippen molar-refractivity contribution in [2.75, 3.05) is 52.8 Å². The number of nitrogens with two attached hydrogens (primary N) is 1. The van der Waals surface area contributed by atoms with Crippen LogP contribution in [-0.2, 0) is 9.47 Å². The fraction of sp³-hybridized carbons (Fsp3) is 0.357. The van der Waals surface area contributed by atoms with E-state index in [-0.39, 0.29) is 6.10 Å². The number of allylic oxidation sites excluding steroid dienone is 1. The lowest BCUT2D eigenvalue weighted by Gasteiger charge is -2.32. The first kappa shape index (κ1) is 26.8. The smallest absolute Gasteiger partial charge is 0.160 e. The zero-order valence-corrected chi connectivity index (χ0v) is 23.2. The number of anilines is 2. The van der Waals surface area contributed by atoms with E-state index in [4.69, 9.17) is 19.9 Å². The molecule has 10 nitrogen and oxygen atoms in total. The van der Waals surface area contributed by atoms with Gasteiger partial charge >= 0.3 is 0 Å². The summed E-state index contributed by atoms with van der Waals surface area (Å²) >= 11 is 1.60. The minimum Gasteiger partial charge on any atom is -0.493 e. The Morgan fingerprint density at radius 3 is 2.77 bits per heavy atom. The first-order valence-corrected chi connectivity index (χ1v) is 13.7. The minimum absolute atomic E-state index is 0.0492. The predicted molar refractivity (Wildman–Crippen MR) is 157 cm³/mol. The van der Waals surface area contributed by atoms with Crippen LogP contribution in [0.5, 0.6) is 5.75 Å². The van der Waals surface area contributed by atoms with Gasteiger partial charge in [0.2, 0.25) is 0 Å². The number of likely N-dealkylation sites (tertiary alicyclic amines) is 1. The zero-order valence-electron chi connectivity index (χ0n) is 22.4. The van der Waals surface area contributed by atoms with Crippen molar-refractivity contribution in [1.29, 1.82) is 0 Å². The molecular weight excluding hydrogens is 514 g/mol. The Hall–Kier alpha value is -3.80. The van der Waals surface area contributed by atoms with Crippen LogP contribution in [0.2, 0.25) is 0 Å². The van der Waals surface area contributed by atoms with Crippen LogP contribution in [0, 0.1) is 0 Å². The number of hydrogen-bond acceptors (Lipinski definition) is 11. The third-order valence-corrected chi connectivity index (χ3v) is 7.57. The molecule has 0 aliphatic carbocycles. The summed E-state index contributed by atoms with van der Waals surface area (Å²) in [5.41, 5.74) is 12.1. The Labute approximate surface area is 231 Å². The Bertz CT molecular complexity index is 1500. The van der Waals surface area contributed by atoms with Crippen LogP contribution in [0.4, 0.5) is 11.5 Å². The summed E-state index contributed by atoms with van der Waals surface area (Å²) < 4.78 is 18.5. The number of nitrogens with zero attached hydrogens (tertiary/aromatic N) is 5. The summed E-state index contributed by atoms with van der Waals surface area (Å²) in [7, 11) is 4.98. The molecule has 2 aromatic heterocycles. The maximum absolute atomic E-state index is 6.68. The van der Waals surface area contributed by atoms with Crippen molar-refractivity contribution in [1.82, 2.24) is 19.9 Å². The van der Waals surface area contributed by atoms with E-state index in [9.17, 15) is 0 Å². The van der Waals surface area contributed by atoms with Gasteiger partial charge < -0.3 is 30.2 Å². The van der Waals surface area contributed by atoms with Gasteiger partial charge in [-0.3, -0.25) is 4.99 Å². The summed E-state index contributed by atoms with van der Waals surface area (Å²) in [5, 5.41) is 4.27. The molecule has 0 spiro atoms. The zero-order chi connectivity index (χ0) is 27.2. The molecule has 1 fully saturated rings. The molecular formula is C28H33N7O3S. The lowest BCUT2D eigenvalue weighted by atomic mass is 10.1. The number of aromatic nitrogens is 3. The molecule has 0 amide bonds. The number of nitrogens with one attached hydrogen (secondary N) is 1. The van der Waals surface area contributed by atoms with E-state index in [0.717, 1.165) is 65.9 Å². The molecule has 204 valence electrons. The van der Waals surface area contributed by atoms with Gasteiger partial charge in [-0.05, 0) is 43.2 Å². The summed E-state index contributed by atoms with van der Waals surface area (Å²) in [6.07, 6.45) is 5.00. The van der Waals surface area contributed by atoms with Gasteiger partial charge in [0.1, 0.15) is 24.0 Å². The number of piperidine rings is 1. The highest BCUT2D eigenvalue weighted by Gasteiger charge is 2.23. The second-order valence-corrected chi connectivity index (χ2v) is 10.2. The maximum atomic E-state index is 6.68. The highest BCUT2D eigenvalue weighted by atomic mass is 32.1. The molecule has 3 N–H and O–H groups in total. The normalized spacial score (nSPS) is 15.7. The lowest BCUT2D eigenvalue weighted by Crippen LogP contribution is -2.39. The van der Waals surface area contributed by atoms with E-state index in [1.807, 2.05) is 29.8 Å². The van der Waals surface area contributed by atoms with E-state index >= 15 is 0 Å². The third kappa shape index (κ3) is 6.11. The van der Waals surface area contributed by atoms with E-state index in [1.165, 1.54) is 0 Å². The van der Waals surface area contributed by atoms with Crippen molar-refractivity contribution in [2.24, 2.45) is 10.7 Å². The topological polar surface area (TPSA) is 120 Å². The number of thiazole rings is 1. The Kier molecular flexibility index (Phi) is 8.50. The van der Waals surface area contributed by atoms with Crippen LogP contribution < -0.4 is 15.8 Å². The van der Waals surface area contributed by atoms with Crippen molar-refractivity contribution < 1.29 is 14.2 Å². The maximum Gasteiger partial charge on any atom is 0.160 e. The molecule has 0 bridgehead atoms. The van der Waals surface area contributed by atoms with E-state index in [2.05, 4.69) is 36.2 Å². The highest BCUT2D eigenvalue weighted by molar-refractivity contribution is 7.16. The second-order valence-electron chi connectivity index (χ2n) is 9.27. The van der Waals surface area contributed by atoms with Crippen LogP contribution in [0.3, 0.4) is 0 Å². The molecule has 39 heavy (non-hydrogen) atoms. The molecule has 1 aliphatic rings. The van der Waals surface area contributed by atoms with Crippen LogP contribution in [-0.4, -0.2) is 79.7 Å². The number of aliphatic imine (C=N–C) groups is 1. The molecule has 0 atom stereocenters. The van der Waals surface area contributed by atoms with Gasteiger partial charge in [0.05, 0.1) is 52.3 Å². The predicted octanol–water partition coefficient (Wildman–Crippen LogP) is 4.45. The van der Waals surface area contributed by atoms with E-state index in [0.29, 0.717) is 28.5 Å². The number of methoxy groups -OCH3 is 2. The standard InChI is InChI=1S/C28H33N7O3S/c1-30-15-24(37-3)27(29)18-12-22-26(23(13-18)38-20-6-8-35(9-7-20)10-11-36-2)28(32-16-31-22)34-19-4-5-21-25(14-19)39-17-33-21/h4-5,12-17,20H,6-11,29H2,1-3H3,(H,31,32,34)/b27-24+,30-15?. The molecule has 0 saturated carbocycles. The monoisotopic (exact) mass is 547 g/mol. The number of rotatable bonds is 10. The highest BCUT2D eigenvalue weighted by Crippen LogP contribution is 2.36. The minimum atomic E-state index is 0.0492. The average Bonchev–Trinajstić information content (AvgIpc) is 3.43. The van der Waals surface area contributed by atoms with Crippen molar-refractivity contribution in [3.05, 3.63) is 53.5 Å². The fourth-order valence-corrected chi connectivity index (χ4v) is 5.43. The fourth-order valence-electron chi connectivity index (χ4n) is 4.71. The van der Waals surface area contributed by atoms with Crippen molar-refractivity contribution >= 4 is 55.9 Å². The molecule has 0 unspecified atom stereocenters. The molecule has 2 aromatic carbocycles. The van der Waals surface area contributed by atoms with E-state index in [1.54, 1.807) is 45.1 Å². The van der Waals surface area contributed by atoms with Crippen LogP contribution >= 0.6 is 11.3 Å². The molecule has 5 rings (SSSR count). The molecule has 11 heteroatoms. The van der Waals surface area contributed by atoms with E-state index < -0.39 is 0 Å². The van der Waals surface area contributed by atoms with Gasteiger partial charge in [0.25, 0.3) is 0 Å². The molecule has 3 heterocycles. The van der Waals surface area contributed by atoms with Gasteiger partial charge in [-0.25, -0.2) is 15.0 Å². The van der Waals surface area contributed by atoms with Gasteiger partial charge in [-0.2, -0.15) is 0 Å². The van der Waals surface area contributed by atoms with Gasteiger partial charge in [0.15, 0.2) is 5.76 Å². The summed E-state index contributed by atoms with van der Waals surface area (Å²) in [6.45, 7) is 3.55. The van der Waals surface area contributed by atoms with Crippen molar-refractivity contribution in [2.45, 2.75) is 18.9 Å².